The molecule has 3 aromatic rings. The van der Waals surface area contributed by atoms with Crippen LogP contribution < -0.4 is 10.9 Å². The van der Waals surface area contributed by atoms with Crippen LogP contribution in [0.25, 0.3) is 11.0 Å². The summed E-state index contributed by atoms with van der Waals surface area (Å²) in [6, 6.07) is 8.28. The molecule has 0 atom stereocenters. The van der Waals surface area contributed by atoms with E-state index in [2.05, 4.69) is 5.32 Å². The number of anilines is 1. The molecule has 0 aliphatic heterocycles. The second-order valence-corrected chi connectivity index (χ2v) is 5.50. The Labute approximate surface area is 131 Å². The Kier molecular flexibility index (Phi) is 3.86. The predicted molar refractivity (Wildman–Crippen MR) is 85.6 cm³/mol. The Morgan fingerprint density at radius 2 is 1.78 bits per heavy atom. The molecule has 23 heavy (non-hydrogen) atoms. The molecule has 1 N–H and O–H groups in total. The molecule has 1 aromatic heterocycles. The van der Waals surface area contributed by atoms with Crippen molar-refractivity contribution in [2.75, 3.05) is 5.32 Å². The van der Waals surface area contributed by atoms with Crippen LogP contribution in [0.3, 0.4) is 0 Å². The molecule has 2 aromatic carbocycles. The minimum atomic E-state index is -0.550. The van der Waals surface area contributed by atoms with Gasteiger partial charge in [-0.3, -0.25) is 0 Å². The van der Waals surface area contributed by atoms with Gasteiger partial charge in [0.05, 0.1) is 5.69 Å². The zero-order chi connectivity index (χ0) is 16.6. The molecule has 1 heterocycles. The molecule has 0 spiro atoms. The fraction of sp³-hybridized carbons (Fsp3) is 0.167. The van der Waals surface area contributed by atoms with Crippen LogP contribution in [-0.2, 0) is 6.54 Å². The summed E-state index contributed by atoms with van der Waals surface area (Å²) in [6.07, 6.45) is 0. The van der Waals surface area contributed by atoms with Gasteiger partial charge in [-0.25, -0.2) is 13.6 Å². The van der Waals surface area contributed by atoms with Crippen LogP contribution in [0.4, 0.5) is 14.5 Å². The fourth-order valence-corrected chi connectivity index (χ4v) is 2.45. The smallest absolute Gasteiger partial charge is 0.336 e. The van der Waals surface area contributed by atoms with Gasteiger partial charge >= 0.3 is 5.63 Å². The van der Waals surface area contributed by atoms with E-state index in [0.29, 0.717) is 11.1 Å². The Morgan fingerprint density at radius 1 is 1.04 bits per heavy atom. The summed E-state index contributed by atoms with van der Waals surface area (Å²) < 4.78 is 32.1. The highest BCUT2D eigenvalue weighted by molar-refractivity contribution is 5.82. The molecule has 118 valence electrons. The lowest BCUT2D eigenvalue weighted by Crippen LogP contribution is -2.07. The molecule has 0 radical (unpaired) electrons. The van der Waals surface area contributed by atoms with E-state index in [1.807, 2.05) is 19.9 Å². The molecular formula is C18H15F2NO2. The van der Waals surface area contributed by atoms with E-state index in [0.717, 1.165) is 34.7 Å². The molecule has 0 saturated heterocycles. The van der Waals surface area contributed by atoms with E-state index < -0.39 is 17.3 Å². The molecule has 3 nitrogen and oxygen atoms in total. The number of rotatable bonds is 3. The van der Waals surface area contributed by atoms with Crippen molar-refractivity contribution < 1.29 is 13.2 Å². The highest BCUT2D eigenvalue weighted by Gasteiger charge is 2.09. The van der Waals surface area contributed by atoms with Crippen molar-refractivity contribution in [2.45, 2.75) is 20.4 Å². The molecule has 0 unspecified atom stereocenters. The maximum atomic E-state index is 13.7. The zero-order valence-corrected chi connectivity index (χ0v) is 12.7. The van der Waals surface area contributed by atoms with Gasteiger partial charge in [-0.2, -0.15) is 0 Å². The van der Waals surface area contributed by atoms with Gasteiger partial charge in [-0.05, 0) is 60.9 Å². The first kappa shape index (κ1) is 15.2. The van der Waals surface area contributed by atoms with Gasteiger partial charge in [-0.15, -0.1) is 0 Å². The van der Waals surface area contributed by atoms with Crippen molar-refractivity contribution in [2.24, 2.45) is 0 Å². The highest BCUT2D eigenvalue weighted by Crippen LogP contribution is 2.23. The highest BCUT2D eigenvalue weighted by atomic mass is 19.1. The van der Waals surface area contributed by atoms with E-state index in [1.165, 1.54) is 6.07 Å². The van der Waals surface area contributed by atoms with Crippen molar-refractivity contribution in [1.29, 1.82) is 0 Å². The van der Waals surface area contributed by atoms with E-state index in [9.17, 15) is 13.6 Å². The van der Waals surface area contributed by atoms with Crippen LogP contribution in [0, 0.1) is 25.5 Å². The second kappa shape index (κ2) is 5.83. The lowest BCUT2D eigenvalue weighted by Gasteiger charge is -2.11. The van der Waals surface area contributed by atoms with Crippen LogP contribution in [-0.4, -0.2) is 0 Å². The summed E-state index contributed by atoms with van der Waals surface area (Å²) in [5.41, 5.74) is 2.80. The van der Waals surface area contributed by atoms with Crippen molar-refractivity contribution in [1.82, 2.24) is 0 Å². The summed E-state index contributed by atoms with van der Waals surface area (Å²) in [7, 11) is 0. The largest absolute Gasteiger partial charge is 0.423 e. The first-order valence-electron chi connectivity index (χ1n) is 7.17. The average molecular weight is 315 g/mol. The summed E-state index contributed by atoms with van der Waals surface area (Å²) in [5, 5.41) is 3.60. The summed E-state index contributed by atoms with van der Waals surface area (Å²) in [5.74, 6) is -1.08. The topological polar surface area (TPSA) is 42.2 Å². The molecule has 0 bridgehead atoms. The van der Waals surface area contributed by atoms with E-state index >= 15 is 0 Å². The Hall–Kier alpha value is -2.69. The monoisotopic (exact) mass is 315 g/mol. The number of aryl methyl sites for hydroxylation is 2. The van der Waals surface area contributed by atoms with Crippen molar-refractivity contribution in [3.8, 4) is 0 Å². The second-order valence-electron chi connectivity index (χ2n) is 5.50. The first-order valence-corrected chi connectivity index (χ1v) is 7.17. The number of halogens is 2. The number of nitrogens with one attached hydrogen (secondary N) is 1. The third kappa shape index (κ3) is 3.08. The van der Waals surface area contributed by atoms with Gasteiger partial charge in [0.25, 0.3) is 0 Å². The zero-order valence-electron chi connectivity index (χ0n) is 12.7. The van der Waals surface area contributed by atoms with Gasteiger partial charge in [-0.1, -0.05) is 0 Å². The fourth-order valence-electron chi connectivity index (χ4n) is 2.45. The van der Waals surface area contributed by atoms with Crippen LogP contribution in [0.5, 0.6) is 0 Å². The van der Waals surface area contributed by atoms with Gasteiger partial charge in [0.2, 0.25) is 0 Å². The van der Waals surface area contributed by atoms with E-state index in [-0.39, 0.29) is 12.2 Å². The van der Waals surface area contributed by atoms with Gasteiger partial charge in [0, 0.05) is 18.0 Å². The molecule has 3 rings (SSSR count). The maximum Gasteiger partial charge on any atom is 0.336 e. The number of fused-ring (bicyclic) bond motifs is 1. The predicted octanol–water partition coefficient (Wildman–Crippen LogP) is 4.30. The number of hydrogen-bond acceptors (Lipinski definition) is 3. The third-order valence-electron chi connectivity index (χ3n) is 3.84. The minimum Gasteiger partial charge on any atom is -0.423 e. The average Bonchev–Trinajstić information content (AvgIpc) is 2.49. The van der Waals surface area contributed by atoms with E-state index in [4.69, 9.17) is 4.42 Å². The molecule has 0 amide bonds. The lowest BCUT2D eigenvalue weighted by atomic mass is 10.0. The Morgan fingerprint density at radius 3 is 2.57 bits per heavy atom. The SMILES string of the molecule is Cc1cc2oc(=O)cc(CNc3cc(F)ccc3F)c2cc1C. The minimum absolute atomic E-state index is 0.0511. The molecule has 0 aliphatic carbocycles. The van der Waals surface area contributed by atoms with Crippen LogP contribution in [0.15, 0.2) is 45.6 Å². The van der Waals surface area contributed by atoms with Crippen LogP contribution in [0.2, 0.25) is 0 Å². The van der Waals surface area contributed by atoms with Gasteiger partial charge in [0.15, 0.2) is 0 Å². The molecular weight excluding hydrogens is 300 g/mol. The molecule has 0 aliphatic rings. The molecule has 0 saturated carbocycles. The number of benzene rings is 2. The van der Waals surface area contributed by atoms with Crippen molar-refractivity contribution >= 4 is 16.7 Å². The van der Waals surface area contributed by atoms with E-state index in [1.54, 1.807) is 6.07 Å². The normalized spacial score (nSPS) is 11.0. The quantitative estimate of drug-likeness (QED) is 0.733. The summed E-state index contributed by atoms with van der Waals surface area (Å²) in [4.78, 5) is 11.7. The Bertz CT molecular complexity index is 948. The lowest BCUT2D eigenvalue weighted by molar-refractivity contribution is 0.558. The van der Waals surface area contributed by atoms with Gasteiger partial charge < -0.3 is 9.73 Å². The molecule has 5 heteroatoms. The number of hydrogen-bond donors (Lipinski definition) is 1. The van der Waals surface area contributed by atoms with Crippen LogP contribution >= 0.6 is 0 Å². The van der Waals surface area contributed by atoms with Crippen molar-refractivity contribution in [3.05, 3.63) is 75.1 Å². The standard InChI is InChI=1S/C18H15F2NO2/c1-10-5-14-12(7-18(22)23-17(14)6-11(10)2)9-21-16-8-13(19)3-4-15(16)20/h3-8,21H,9H2,1-2H3. The Balaban J connectivity index is 2.01. The summed E-state index contributed by atoms with van der Waals surface area (Å²) in [6.45, 7) is 4.08. The maximum absolute atomic E-state index is 13.7. The van der Waals surface area contributed by atoms with Crippen LogP contribution in [0.1, 0.15) is 16.7 Å². The molecule has 0 fully saturated rings. The van der Waals surface area contributed by atoms with Crippen molar-refractivity contribution in [3.63, 3.8) is 0 Å². The summed E-state index contributed by atoms with van der Waals surface area (Å²) >= 11 is 0. The van der Waals surface area contributed by atoms with Gasteiger partial charge in [0.1, 0.15) is 17.2 Å². The third-order valence-corrected chi connectivity index (χ3v) is 3.84. The first-order chi connectivity index (χ1) is 10.9.